The highest BCUT2D eigenvalue weighted by atomic mass is 16.5. The molecule has 0 aromatic heterocycles. The average Bonchev–Trinajstić information content (AvgIpc) is 2.37. The van der Waals surface area contributed by atoms with Gasteiger partial charge in [-0.2, -0.15) is 0 Å². The molecule has 19 heavy (non-hydrogen) atoms. The Bertz CT molecular complexity index is 303. The van der Waals surface area contributed by atoms with Crippen LogP contribution in [0.2, 0.25) is 0 Å². The molecular weight excluding hydrogens is 250 g/mol. The van der Waals surface area contributed by atoms with Crippen molar-refractivity contribution in [1.29, 1.82) is 0 Å². The van der Waals surface area contributed by atoms with Gasteiger partial charge in [-0.25, -0.2) is 4.79 Å². The highest BCUT2D eigenvalue weighted by Gasteiger charge is 2.22. The Kier molecular flexibility index (Phi) is 9.48. The van der Waals surface area contributed by atoms with Crippen molar-refractivity contribution in [2.75, 3.05) is 13.2 Å². The summed E-state index contributed by atoms with van der Waals surface area (Å²) in [6, 6.07) is -0.793. The second-order valence-corrected chi connectivity index (χ2v) is 4.18. The maximum absolute atomic E-state index is 11.7. The zero-order valence-corrected chi connectivity index (χ0v) is 11.9. The van der Waals surface area contributed by atoms with E-state index in [0.29, 0.717) is 19.6 Å². The van der Waals surface area contributed by atoms with E-state index in [1.165, 1.54) is 6.92 Å². The highest BCUT2D eigenvalue weighted by molar-refractivity contribution is 5.83. The number of ether oxygens (including phenoxy) is 2. The molecule has 1 N–H and O–H groups in total. The van der Waals surface area contributed by atoms with Crippen LogP contribution in [0.1, 0.15) is 46.5 Å². The maximum atomic E-state index is 11.7. The third-order valence-electron chi connectivity index (χ3n) is 2.21. The molecule has 0 heterocycles. The van der Waals surface area contributed by atoms with Gasteiger partial charge in [0, 0.05) is 13.3 Å². The van der Waals surface area contributed by atoms with Gasteiger partial charge in [0.25, 0.3) is 0 Å². The first kappa shape index (κ1) is 17.4. The van der Waals surface area contributed by atoms with Crippen LogP contribution >= 0.6 is 0 Å². The number of amides is 1. The molecule has 1 atom stereocenters. The van der Waals surface area contributed by atoms with E-state index < -0.39 is 12.0 Å². The average molecular weight is 273 g/mol. The maximum Gasteiger partial charge on any atom is 0.328 e. The zero-order valence-electron chi connectivity index (χ0n) is 11.9. The number of hydrogen-bond donors (Lipinski definition) is 1. The lowest BCUT2D eigenvalue weighted by Crippen LogP contribution is -2.41. The number of hydrogen-bond acceptors (Lipinski definition) is 5. The van der Waals surface area contributed by atoms with Crippen LogP contribution in [0.25, 0.3) is 0 Å². The second-order valence-electron chi connectivity index (χ2n) is 4.18. The number of carbonyl (C=O) groups is 3. The largest absolute Gasteiger partial charge is 0.466 e. The molecule has 0 rings (SSSR count). The Labute approximate surface area is 113 Å². The van der Waals surface area contributed by atoms with E-state index >= 15 is 0 Å². The van der Waals surface area contributed by atoms with E-state index in [1.807, 2.05) is 13.8 Å². The molecule has 0 aromatic rings. The predicted octanol–water partition coefficient (Wildman–Crippen LogP) is 1.18. The van der Waals surface area contributed by atoms with Crippen LogP contribution in [0.3, 0.4) is 0 Å². The predicted molar refractivity (Wildman–Crippen MR) is 69.3 cm³/mol. The summed E-state index contributed by atoms with van der Waals surface area (Å²) in [5, 5.41) is 2.48. The van der Waals surface area contributed by atoms with E-state index in [-0.39, 0.29) is 24.7 Å². The van der Waals surface area contributed by atoms with Gasteiger partial charge in [0.2, 0.25) is 5.91 Å². The molecule has 6 heteroatoms. The summed E-state index contributed by atoms with van der Waals surface area (Å²) in [5.74, 6) is -1.22. The fourth-order valence-electron chi connectivity index (χ4n) is 1.35. The first-order valence-corrected chi connectivity index (χ1v) is 6.60. The Balaban J connectivity index is 4.22. The van der Waals surface area contributed by atoms with E-state index in [1.54, 1.807) is 0 Å². The monoisotopic (exact) mass is 273 g/mol. The first-order valence-electron chi connectivity index (χ1n) is 6.60. The summed E-state index contributed by atoms with van der Waals surface area (Å²) in [6.45, 7) is 5.76. The molecule has 0 unspecified atom stereocenters. The molecule has 0 aliphatic carbocycles. The normalized spacial score (nSPS) is 11.5. The zero-order chi connectivity index (χ0) is 14.7. The van der Waals surface area contributed by atoms with Gasteiger partial charge >= 0.3 is 11.9 Å². The molecule has 0 bridgehead atoms. The van der Waals surface area contributed by atoms with Crippen LogP contribution in [0.5, 0.6) is 0 Å². The van der Waals surface area contributed by atoms with Gasteiger partial charge in [-0.3, -0.25) is 9.59 Å². The molecule has 6 nitrogen and oxygen atoms in total. The summed E-state index contributed by atoms with van der Waals surface area (Å²) >= 11 is 0. The van der Waals surface area contributed by atoms with Crippen LogP contribution in [0.4, 0.5) is 0 Å². The SMILES string of the molecule is CCCOC(=O)CC[C@H](NC(C)=O)C(=O)OCCC. The minimum absolute atomic E-state index is 0.0756. The molecule has 1 amide bonds. The smallest absolute Gasteiger partial charge is 0.328 e. The molecule has 0 saturated carbocycles. The number of esters is 2. The highest BCUT2D eigenvalue weighted by Crippen LogP contribution is 2.03. The van der Waals surface area contributed by atoms with E-state index in [0.717, 1.165) is 6.42 Å². The summed E-state index contributed by atoms with van der Waals surface area (Å²) in [6.07, 6.45) is 1.72. The number of nitrogens with one attached hydrogen (secondary N) is 1. The van der Waals surface area contributed by atoms with Gasteiger partial charge < -0.3 is 14.8 Å². The number of rotatable bonds is 9. The quantitative estimate of drug-likeness (QED) is 0.638. The molecule has 0 aromatic carbocycles. The second kappa shape index (κ2) is 10.3. The van der Waals surface area contributed by atoms with Crippen molar-refractivity contribution < 1.29 is 23.9 Å². The van der Waals surface area contributed by atoms with Crippen LogP contribution < -0.4 is 5.32 Å². The Hall–Kier alpha value is -1.59. The Morgan fingerprint density at radius 3 is 2.16 bits per heavy atom. The van der Waals surface area contributed by atoms with Gasteiger partial charge in [0.15, 0.2) is 0 Å². The molecule has 0 aliphatic heterocycles. The van der Waals surface area contributed by atoms with Crippen molar-refractivity contribution in [3.63, 3.8) is 0 Å². The van der Waals surface area contributed by atoms with Crippen LogP contribution in [0.15, 0.2) is 0 Å². The summed E-state index contributed by atoms with van der Waals surface area (Å²) in [7, 11) is 0. The molecule has 0 saturated heterocycles. The summed E-state index contributed by atoms with van der Waals surface area (Å²) in [4.78, 5) is 34.0. The van der Waals surface area contributed by atoms with Crippen LogP contribution in [0, 0.1) is 0 Å². The van der Waals surface area contributed by atoms with Crippen LogP contribution in [-0.2, 0) is 23.9 Å². The van der Waals surface area contributed by atoms with Gasteiger partial charge in [-0.05, 0) is 19.3 Å². The molecule has 0 spiro atoms. The molecule has 0 fully saturated rings. The van der Waals surface area contributed by atoms with Gasteiger partial charge in [0.1, 0.15) is 6.04 Å². The molecular formula is C13H23NO5. The van der Waals surface area contributed by atoms with Gasteiger partial charge in [0.05, 0.1) is 13.2 Å². The lowest BCUT2D eigenvalue weighted by molar-refractivity contribution is -0.149. The topological polar surface area (TPSA) is 81.7 Å². The molecule has 0 aliphatic rings. The van der Waals surface area contributed by atoms with Crippen molar-refractivity contribution >= 4 is 17.8 Å². The summed E-state index contributed by atoms with van der Waals surface area (Å²) < 4.78 is 9.87. The van der Waals surface area contributed by atoms with Crippen molar-refractivity contribution in [3.05, 3.63) is 0 Å². The fraction of sp³-hybridized carbons (Fsp3) is 0.769. The van der Waals surface area contributed by atoms with Crippen molar-refractivity contribution in [1.82, 2.24) is 5.32 Å². The Morgan fingerprint density at radius 2 is 1.63 bits per heavy atom. The van der Waals surface area contributed by atoms with E-state index in [2.05, 4.69) is 5.32 Å². The summed E-state index contributed by atoms with van der Waals surface area (Å²) in [5.41, 5.74) is 0. The minimum atomic E-state index is -0.793. The van der Waals surface area contributed by atoms with E-state index in [4.69, 9.17) is 9.47 Å². The van der Waals surface area contributed by atoms with Crippen molar-refractivity contribution in [3.8, 4) is 0 Å². The molecule has 110 valence electrons. The Morgan fingerprint density at radius 1 is 1.05 bits per heavy atom. The molecule has 0 radical (unpaired) electrons. The lowest BCUT2D eigenvalue weighted by Gasteiger charge is -2.16. The third kappa shape index (κ3) is 9.04. The van der Waals surface area contributed by atoms with Gasteiger partial charge in [-0.15, -0.1) is 0 Å². The fourth-order valence-corrected chi connectivity index (χ4v) is 1.35. The standard InChI is InChI=1S/C13H23NO5/c1-4-8-18-12(16)7-6-11(14-10(3)15)13(17)19-9-5-2/h11H,4-9H2,1-3H3,(H,14,15)/t11-/m0/s1. The number of carbonyl (C=O) groups excluding carboxylic acids is 3. The first-order chi connectivity index (χ1) is 9.01. The van der Waals surface area contributed by atoms with Crippen molar-refractivity contribution in [2.24, 2.45) is 0 Å². The lowest BCUT2D eigenvalue weighted by atomic mass is 10.1. The minimum Gasteiger partial charge on any atom is -0.466 e. The van der Waals surface area contributed by atoms with Crippen LogP contribution in [-0.4, -0.2) is 37.1 Å². The third-order valence-corrected chi connectivity index (χ3v) is 2.21. The van der Waals surface area contributed by atoms with Crippen molar-refractivity contribution in [2.45, 2.75) is 52.5 Å². The van der Waals surface area contributed by atoms with Gasteiger partial charge in [-0.1, -0.05) is 13.8 Å². The van der Waals surface area contributed by atoms with E-state index in [9.17, 15) is 14.4 Å².